The average Bonchev–Trinajstić information content (AvgIpc) is 2.68. The summed E-state index contributed by atoms with van der Waals surface area (Å²) >= 11 is 0. The molecule has 3 aromatic rings. The number of nitrogens with one attached hydrogen (secondary N) is 2. The molecule has 0 saturated heterocycles. The predicted octanol–water partition coefficient (Wildman–Crippen LogP) is 2.95. The number of hydrogen-bond donors (Lipinski definition) is 2. The number of aromatic nitrogens is 3. The maximum atomic E-state index is 12.4. The van der Waals surface area contributed by atoms with E-state index in [0.29, 0.717) is 23.5 Å². The molecule has 0 radical (unpaired) electrons. The second-order valence-corrected chi connectivity index (χ2v) is 6.41. The monoisotopic (exact) mass is 362 g/mol. The van der Waals surface area contributed by atoms with Crippen LogP contribution in [0.5, 0.6) is 0 Å². The molecule has 0 spiro atoms. The molecular formula is C21H22N4O2. The normalized spacial score (nSPS) is 11.8. The average molecular weight is 362 g/mol. The molecule has 1 atom stereocenters. The molecule has 2 N–H and O–H groups in total. The van der Waals surface area contributed by atoms with Crippen molar-refractivity contribution < 1.29 is 4.79 Å². The maximum absolute atomic E-state index is 12.4. The lowest BCUT2D eigenvalue weighted by Crippen LogP contribution is -2.28. The molecule has 0 bridgehead atoms. The summed E-state index contributed by atoms with van der Waals surface area (Å²) in [6.07, 6.45) is 3.88. The Balaban J connectivity index is 1.66. The van der Waals surface area contributed by atoms with E-state index in [4.69, 9.17) is 0 Å². The molecule has 0 saturated carbocycles. The van der Waals surface area contributed by atoms with Crippen molar-refractivity contribution in [2.45, 2.75) is 32.7 Å². The van der Waals surface area contributed by atoms with E-state index in [1.807, 2.05) is 37.3 Å². The third-order valence-corrected chi connectivity index (χ3v) is 4.46. The van der Waals surface area contributed by atoms with E-state index < -0.39 is 0 Å². The van der Waals surface area contributed by atoms with E-state index in [-0.39, 0.29) is 23.9 Å². The number of carbonyl (C=O) groups is 1. The molecule has 2 aromatic heterocycles. The highest BCUT2D eigenvalue weighted by molar-refractivity contribution is 5.76. The Morgan fingerprint density at radius 3 is 2.52 bits per heavy atom. The minimum atomic E-state index is -0.210. The van der Waals surface area contributed by atoms with Gasteiger partial charge in [0.05, 0.1) is 6.04 Å². The molecule has 27 heavy (non-hydrogen) atoms. The molecule has 6 heteroatoms. The zero-order valence-electron chi connectivity index (χ0n) is 15.4. The molecule has 0 aliphatic rings. The third kappa shape index (κ3) is 4.67. The number of nitrogens with zero attached hydrogens (tertiary/aromatic N) is 2. The van der Waals surface area contributed by atoms with Gasteiger partial charge >= 0.3 is 0 Å². The Morgan fingerprint density at radius 1 is 1.15 bits per heavy atom. The number of H-pyrrole nitrogens is 1. The van der Waals surface area contributed by atoms with Crippen LogP contribution in [0.15, 0.2) is 59.7 Å². The van der Waals surface area contributed by atoms with Gasteiger partial charge in [-0.3, -0.25) is 14.6 Å². The lowest BCUT2D eigenvalue weighted by Gasteiger charge is -2.14. The van der Waals surface area contributed by atoms with Gasteiger partial charge in [0.25, 0.3) is 5.56 Å². The molecule has 2 heterocycles. The summed E-state index contributed by atoms with van der Waals surface area (Å²) in [4.78, 5) is 35.9. The van der Waals surface area contributed by atoms with Crippen LogP contribution in [0.2, 0.25) is 0 Å². The number of hydrogen-bond acceptors (Lipinski definition) is 4. The van der Waals surface area contributed by atoms with Crippen LogP contribution < -0.4 is 10.9 Å². The van der Waals surface area contributed by atoms with E-state index in [1.165, 1.54) is 0 Å². The quantitative estimate of drug-likeness (QED) is 0.706. The van der Waals surface area contributed by atoms with Gasteiger partial charge in [-0.2, -0.15) is 0 Å². The summed E-state index contributed by atoms with van der Waals surface area (Å²) in [5.41, 5.74) is 2.80. The Morgan fingerprint density at radius 2 is 1.85 bits per heavy atom. The SMILES string of the molecule is Cc1nc(-c2ccncc2)[nH]c(=O)c1CCC(=O)NC(C)c1ccccc1. The zero-order valence-corrected chi connectivity index (χ0v) is 15.4. The first-order chi connectivity index (χ1) is 13.0. The Labute approximate surface area is 157 Å². The van der Waals surface area contributed by atoms with Crippen LogP contribution in [0.4, 0.5) is 0 Å². The summed E-state index contributed by atoms with van der Waals surface area (Å²) in [7, 11) is 0. The summed E-state index contributed by atoms with van der Waals surface area (Å²) in [6.45, 7) is 3.73. The fraction of sp³-hybridized carbons (Fsp3) is 0.238. The number of carbonyl (C=O) groups excluding carboxylic acids is 1. The first-order valence-corrected chi connectivity index (χ1v) is 8.89. The van der Waals surface area contributed by atoms with Crippen LogP contribution in [0.3, 0.4) is 0 Å². The highest BCUT2D eigenvalue weighted by Crippen LogP contribution is 2.14. The molecular weight excluding hydrogens is 340 g/mol. The third-order valence-electron chi connectivity index (χ3n) is 4.46. The topological polar surface area (TPSA) is 87.7 Å². The standard InChI is InChI=1S/C21H22N4O2/c1-14(16-6-4-3-5-7-16)23-19(26)9-8-18-15(2)24-20(25-21(18)27)17-10-12-22-13-11-17/h3-7,10-14H,8-9H2,1-2H3,(H,23,26)(H,24,25,27). The van der Waals surface area contributed by atoms with Crippen LogP contribution in [-0.2, 0) is 11.2 Å². The number of benzene rings is 1. The van der Waals surface area contributed by atoms with E-state index in [1.54, 1.807) is 31.5 Å². The van der Waals surface area contributed by atoms with Crippen LogP contribution in [-0.4, -0.2) is 20.9 Å². The molecule has 6 nitrogen and oxygen atoms in total. The van der Waals surface area contributed by atoms with Gasteiger partial charge in [-0.15, -0.1) is 0 Å². The fourth-order valence-electron chi connectivity index (χ4n) is 2.93. The molecule has 0 aliphatic carbocycles. The van der Waals surface area contributed by atoms with Gasteiger partial charge < -0.3 is 10.3 Å². The molecule has 0 fully saturated rings. The molecule has 138 valence electrons. The van der Waals surface area contributed by atoms with Crippen LogP contribution in [0.1, 0.15) is 36.2 Å². The molecule has 1 unspecified atom stereocenters. The van der Waals surface area contributed by atoms with Gasteiger partial charge in [0.1, 0.15) is 5.82 Å². The summed E-state index contributed by atoms with van der Waals surface area (Å²) < 4.78 is 0. The van der Waals surface area contributed by atoms with E-state index >= 15 is 0 Å². The van der Waals surface area contributed by atoms with Gasteiger partial charge in [0.2, 0.25) is 5.91 Å². The smallest absolute Gasteiger partial charge is 0.254 e. The van der Waals surface area contributed by atoms with Crippen molar-refractivity contribution in [2.24, 2.45) is 0 Å². The fourth-order valence-corrected chi connectivity index (χ4v) is 2.93. The van der Waals surface area contributed by atoms with Gasteiger partial charge in [-0.25, -0.2) is 4.98 Å². The lowest BCUT2D eigenvalue weighted by molar-refractivity contribution is -0.121. The largest absolute Gasteiger partial charge is 0.350 e. The highest BCUT2D eigenvalue weighted by Gasteiger charge is 2.13. The number of pyridine rings is 1. The van der Waals surface area contributed by atoms with Gasteiger partial charge in [-0.05, 0) is 38.0 Å². The summed E-state index contributed by atoms with van der Waals surface area (Å²) in [5.74, 6) is 0.411. The van der Waals surface area contributed by atoms with Gasteiger partial charge in [0, 0.05) is 35.6 Å². The molecule has 3 rings (SSSR count). The second kappa shape index (κ2) is 8.40. The summed E-state index contributed by atoms with van der Waals surface area (Å²) in [5, 5.41) is 2.96. The number of amides is 1. The minimum Gasteiger partial charge on any atom is -0.350 e. The number of aromatic amines is 1. The van der Waals surface area contributed by atoms with Crippen molar-refractivity contribution in [3.63, 3.8) is 0 Å². The second-order valence-electron chi connectivity index (χ2n) is 6.41. The summed E-state index contributed by atoms with van der Waals surface area (Å²) in [6, 6.07) is 13.3. The highest BCUT2D eigenvalue weighted by atomic mass is 16.1. The Bertz CT molecular complexity index is 968. The molecule has 1 aromatic carbocycles. The number of rotatable bonds is 6. The first kappa shape index (κ1) is 18.5. The van der Waals surface area contributed by atoms with Crippen molar-refractivity contribution in [1.82, 2.24) is 20.3 Å². The number of aryl methyl sites for hydroxylation is 1. The van der Waals surface area contributed by atoms with Crippen molar-refractivity contribution in [3.05, 3.63) is 82.0 Å². The predicted molar refractivity (Wildman–Crippen MR) is 104 cm³/mol. The van der Waals surface area contributed by atoms with E-state index in [0.717, 1.165) is 11.1 Å². The zero-order chi connectivity index (χ0) is 19.2. The first-order valence-electron chi connectivity index (χ1n) is 8.89. The molecule has 0 aliphatic heterocycles. The van der Waals surface area contributed by atoms with Crippen LogP contribution >= 0.6 is 0 Å². The molecule has 1 amide bonds. The maximum Gasteiger partial charge on any atom is 0.254 e. The van der Waals surface area contributed by atoms with Gasteiger partial charge in [-0.1, -0.05) is 30.3 Å². The van der Waals surface area contributed by atoms with E-state index in [2.05, 4.69) is 20.3 Å². The Hall–Kier alpha value is -3.28. The van der Waals surface area contributed by atoms with Crippen molar-refractivity contribution in [1.29, 1.82) is 0 Å². The van der Waals surface area contributed by atoms with Crippen LogP contribution in [0, 0.1) is 6.92 Å². The van der Waals surface area contributed by atoms with Crippen LogP contribution in [0.25, 0.3) is 11.4 Å². The minimum absolute atomic E-state index is 0.0785. The van der Waals surface area contributed by atoms with Crippen molar-refractivity contribution in [3.8, 4) is 11.4 Å². The van der Waals surface area contributed by atoms with Gasteiger partial charge in [0.15, 0.2) is 0 Å². The Kier molecular flexibility index (Phi) is 5.76. The van der Waals surface area contributed by atoms with Crippen molar-refractivity contribution in [2.75, 3.05) is 0 Å². The van der Waals surface area contributed by atoms with Crippen molar-refractivity contribution >= 4 is 5.91 Å². The lowest BCUT2D eigenvalue weighted by atomic mass is 10.1. The van der Waals surface area contributed by atoms with E-state index in [9.17, 15) is 9.59 Å².